The highest BCUT2D eigenvalue weighted by Gasteiger charge is 2.36. The molecule has 2 bridgehead atoms. The highest BCUT2D eigenvalue weighted by atomic mass is 127. The van der Waals surface area contributed by atoms with Gasteiger partial charge in [-0.2, -0.15) is 0 Å². The van der Waals surface area contributed by atoms with Crippen LogP contribution in [-0.2, 0) is 0 Å². The van der Waals surface area contributed by atoms with Gasteiger partial charge in [-0.15, -0.1) is 0 Å². The summed E-state index contributed by atoms with van der Waals surface area (Å²) in [7, 11) is 0. The molecule has 0 N–H and O–H groups in total. The number of rotatable bonds is 0. The summed E-state index contributed by atoms with van der Waals surface area (Å²) in [4.78, 5) is 0. The third-order valence-electron chi connectivity index (χ3n) is 3.22. The van der Waals surface area contributed by atoms with Crippen molar-refractivity contribution in [3.8, 4) is 0 Å². The average molecular weight is 341 g/mol. The average Bonchev–Trinajstić information content (AvgIpc) is 2.06. The molecule has 68 valence electrons. The third kappa shape index (κ3) is 1.74. The Morgan fingerprint density at radius 2 is 2.00 bits per heavy atom. The van der Waals surface area contributed by atoms with Gasteiger partial charge in [0.05, 0.1) is 4.32 Å². The molecule has 0 amide bonds. The van der Waals surface area contributed by atoms with Gasteiger partial charge >= 0.3 is 0 Å². The van der Waals surface area contributed by atoms with E-state index in [1.807, 2.05) is 0 Å². The Bertz CT molecular complexity index is 202. The van der Waals surface area contributed by atoms with Crippen molar-refractivity contribution in [2.45, 2.75) is 42.8 Å². The number of alkyl halides is 1. The Kier molecular flexibility index (Phi) is 2.85. The zero-order valence-corrected chi connectivity index (χ0v) is 10.9. The van der Waals surface area contributed by atoms with Gasteiger partial charge in [-0.25, -0.2) is 0 Å². The summed E-state index contributed by atoms with van der Waals surface area (Å²) in [5, 5.41) is 0. The number of halogens is 2. The smallest absolute Gasteiger partial charge is 0.0560 e. The number of fused-ring (bicyclic) bond motifs is 4. The van der Waals surface area contributed by atoms with Crippen molar-refractivity contribution < 1.29 is 0 Å². The monoisotopic (exact) mass is 340 g/mol. The van der Waals surface area contributed by atoms with Gasteiger partial charge in [0, 0.05) is 3.58 Å². The Morgan fingerprint density at radius 3 is 2.67 bits per heavy atom. The SMILES string of the molecule is BrC12CCC(CC/C=C\1I)CC2. The lowest BCUT2D eigenvalue weighted by atomic mass is 9.77. The molecule has 0 nitrogen and oxygen atoms in total. The molecule has 0 aromatic carbocycles. The Morgan fingerprint density at radius 1 is 1.33 bits per heavy atom. The van der Waals surface area contributed by atoms with E-state index < -0.39 is 0 Å². The molecule has 3 rings (SSSR count). The summed E-state index contributed by atoms with van der Waals surface area (Å²) in [6.45, 7) is 0. The van der Waals surface area contributed by atoms with E-state index in [1.54, 1.807) is 3.58 Å². The molecule has 2 heteroatoms. The molecule has 0 unspecified atom stereocenters. The van der Waals surface area contributed by atoms with E-state index in [2.05, 4.69) is 44.6 Å². The van der Waals surface area contributed by atoms with Gasteiger partial charge in [0.2, 0.25) is 0 Å². The van der Waals surface area contributed by atoms with Crippen molar-refractivity contribution >= 4 is 38.5 Å². The maximum atomic E-state index is 3.91. The van der Waals surface area contributed by atoms with Crippen molar-refractivity contribution in [2.24, 2.45) is 5.92 Å². The highest BCUT2D eigenvalue weighted by molar-refractivity contribution is 14.1. The van der Waals surface area contributed by atoms with Gasteiger partial charge in [-0.3, -0.25) is 0 Å². The van der Waals surface area contributed by atoms with E-state index in [1.165, 1.54) is 38.5 Å². The van der Waals surface area contributed by atoms with Gasteiger partial charge in [0.25, 0.3) is 0 Å². The largest absolute Gasteiger partial charge is 0.0796 e. The Balaban J connectivity index is 2.25. The summed E-state index contributed by atoms with van der Waals surface area (Å²) >= 11 is 6.42. The first-order valence-electron chi connectivity index (χ1n) is 4.76. The molecular formula is C10H14BrI. The third-order valence-corrected chi connectivity index (χ3v) is 6.66. The first-order valence-corrected chi connectivity index (χ1v) is 6.63. The molecule has 0 aromatic heterocycles. The predicted molar refractivity (Wildman–Crippen MR) is 65.0 cm³/mol. The van der Waals surface area contributed by atoms with Gasteiger partial charge in [0.15, 0.2) is 0 Å². The fourth-order valence-corrected chi connectivity index (χ4v) is 3.76. The van der Waals surface area contributed by atoms with Crippen molar-refractivity contribution in [3.05, 3.63) is 9.66 Å². The fraction of sp³-hybridized carbons (Fsp3) is 0.800. The lowest BCUT2D eigenvalue weighted by Crippen LogP contribution is -2.29. The van der Waals surface area contributed by atoms with Crippen LogP contribution in [0.2, 0.25) is 0 Å². The fourth-order valence-electron chi connectivity index (χ4n) is 2.29. The first kappa shape index (κ1) is 9.50. The van der Waals surface area contributed by atoms with E-state index in [0.29, 0.717) is 4.32 Å². The Labute approximate surface area is 96.5 Å². The van der Waals surface area contributed by atoms with Crippen molar-refractivity contribution in [2.75, 3.05) is 0 Å². The summed E-state index contributed by atoms with van der Waals surface area (Å²) in [5.74, 6) is 1.02. The molecule has 1 saturated carbocycles. The summed E-state index contributed by atoms with van der Waals surface area (Å²) in [6, 6.07) is 0. The van der Waals surface area contributed by atoms with Crippen molar-refractivity contribution in [1.29, 1.82) is 0 Å². The zero-order valence-electron chi connectivity index (χ0n) is 7.15. The minimum atomic E-state index is 0.379. The van der Waals surface area contributed by atoms with E-state index in [0.717, 1.165) is 5.92 Å². The minimum absolute atomic E-state index is 0.379. The van der Waals surface area contributed by atoms with Gasteiger partial charge in [0.1, 0.15) is 0 Å². The lowest BCUT2D eigenvalue weighted by molar-refractivity contribution is 0.311. The molecule has 0 atom stereocenters. The van der Waals surface area contributed by atoms with Crippen molar-refractivity contribution in [1.82, 2.24) is 0 Å². The second-order valence-electron chi connectivity index (χ2n) is 4.04. The van der Waals surface area contributed by atoms with Crippen LogP contribution in [0.25, 0.3) is 0 Å². The van der Waals surface area contributed by atoms with E-state index >= 15 is 0 Å². The Hall–Kier alpha value is 0.950. The van der Waals surface area contributed by atoms with Crippen LogP contribution in [-0.4, -0.2) is 4.32 Å². The zero-order chi connectivity index (χ0) is 8.60. The second-order valence-corrected chi connectivity index (χ2v) is 6.72. The highest BCUT2D eigenvalue weighted by Crippen LogP contribution is 2.48. The molecule has 3 aliphatic rings. The van der Waals surface area contributed by atoms with Crippen LogP contribution >= 0.6 is 38.5 Å². The normalized spacial score (nSPS) is 46.2. The number of allylic oxidation sites excluding steroid dienone is 2. The summed E-state index contributed by atoms with van der Waals surface area (Å²) in [5.41, 5.74) is 0. The van der Waals surface area contributed by atoms with Gasteiger partial charge in [-0.1, -0.05) is 22.0 Å². The second kappa shape index (κ2) is 3.60. The van der Waals surface area contributed by atoms with Crippen LogP contribution in [0.3, 0.4) is 0 Å². The molecule has 12 heavy (non-hydrogen) atoms. The van der Waals surface area contributed by atoms with Crippen LogP contribution in [0.15, 0.2) is 9.66 Å². The minimum Gasteiger partial charge on any atom is -0.0796 e. The molecular weight excluding hydrogens is 327 g/mol. The van der Waals surface area contributed by atoms with Crippen molar-refractivity contribution in [3.63, 3.8) is 0 Å². The lowest BCUT2D eigenvalue weighted by Gasteiger charge is -2.37. The molecule has 0 aliphatic heterocycles. The van der Waals surface area contributed by atoms with E-state index in [9.17, 15) is 0 Å². The molecule has 1 fully saturated rings. The van der Waals surface area contributed by atoms with Crippen LogP contribution in [0.5, 0.6) is 0 Å². The van der Waals surface area contributed by atoms with E-state index in [4.69, 9.17) is 0 Å². The number of hydrogen-bond donors (Lipinski definition) is 0. The van der Waals surface area contributed by atoms with Crippen LogP contribution in [0.1, 0.15) is 38.5 Å². The van der Waals surface area contributed by atoms with E-state index in [-0.39, 0.29) is 0 Å². The van der Waals surface area contributed by atoms with Gasteiger partial charge in [-0.05, 0) is 67.0 Å². The molecule has 0 heterocycles. The number of hydrogen-bond acceptors (Lipinski definition) is 0. The quantitative estimate of drug-likeness (QED) is 0.452. The maximum absolute atomic E-state index is 3.91. The molecule has 0 aromatic rings. The van der Waals surface area contributed by atoms with Crippen LogP contribution in [0, 0.1) is 5.92 Å². The van der Waals surface area contributed by atoms with Crippen LogP contribution < -0.4 is 0 Å². The summed E-state index contributed by atoms with van der Waals surface area (Å²) < 4.78 is 1.93. The molecule has 0 saturated heterocycles. The molecule has 3 aliphatic carbocycles. The molecule has 0 radical (unpaired) electrons. The first-order chi connectivity index (χ1) is 5.71. The predicted octanol–water partition coefficient (Wildman–Crippen LogP) is 4.42. The van der Waals surface area contributed by atoms with Gasteiger partial charge < -0.3 is 0 Å². The van der Waals surface area contributed by atoms with Crippen LogP contribution in [0.4, 0.5) is 0 Å². The molecule has 0 spiro atoms. The summed E-state index contributed by atoms with van der Waals surface area (Å²) in [6.07, 6.45) is 10.7. The maximum Gasteiger partial charge on any atom is 0.0560 e. The standard InChI is InChI=1S/C10H14BrI/c11-10-6-4-8(5-7-10)2-1-3-9(10)12/h3,8H,1-2,4-7H2/b9-3+. The topological polar surface area (TPSA) is 0 Å².